The van der Waals surface area contributed by atoms with E-state index in [-0.39, 0.29) is 11.9 Å². The van der Waals surface area contributed by atoms with Crippen LogP contribution in [0.4, 0.5) is 15.9 Å². The number of carbonyl (C=O) groups is 2. The molecule has 0 saturated carbocycles. The molecule has 0 aromatic carbocycles. The molecule has 1 aliphatic heterocycles. The van der Waals surface area contributed by atoms with Crippen molar-refractivity contribution in [3.05, 3.63) is 29.0 Å². The fourth-order valence-corrected chi connectivity index (χ4v) is 4.58. The highest BCUT2D eigenvalue weighted by molar-refractivity contribution is 7.15. The topological polar surface area (TPSA) is 103 Å². The number of nitrogens with zero attached hydrogens (tertiary/aromatic N) is 5. The molecule has 2 N–H and O–H groups in total. The van der Waals surface area contributed by atoms with Gasteiger partial charge in [0.05, 0.1) is 5.69 Å². The number of amides is 3. The van der Waals surface area contributed by atoms with Gasteiger partial charge in [-0.2, -0.15) is 0 Å². The lowest BCUT2D eigenvalue weighted by Crippen LogP contribution is -2.55. The van der Waals surface area contributed by atoms with Gasteiger partial charge < -0.3 is 20.4 Å². The molecule has 2 aromatic heterocycles. The molecule has 3 heterocycles. The maximum atomic E-state index is 12.5. The predicted octanol–water partition coefficient (Wildman–Crippen LogP) is 1.67. The Morgan fingerprint density at radius 2 is 1.83 bits per heavy atom. The van der Waals surface area contributed by atoms with Gasteiger partial charge in [-0.1, -0.05) is 0 Å². The zero-order chi connectivity index (χ0) is 20.2. The Kier molecular flexibility index (Phi) is 5.89. The molecule has 154 valence electrons. The van der Waals surface area contributed by atoms with Crippen molar-refractivity contribution in [2.45, 2.75) is 38.6 Å². The average Bonchev–Trinajstić information content (AvgIpc) is 3.16. The van der Waals surface area contributed by atoms with Gasteiger partial charge >= 0.3 is 6.03 Å². The van der Waals surface area contributed by atoms with Crippen molar-refractivity contribution in [2.24, 2.45) is 0 Å². The van der Waals surface area contributed by atoms with Crippen LogP contribution in [-0.2, 0) is 17.6 Å². The van der Waals surface area contributed by atoms with Crippen LogP contribution in [0.5, 0.6) is 0 Å². The molecule has 29 heavy (non-hydrogen) atoms. The van der Waals surface area contributed by atoms with Crippen molar-refractivity contribution in [3.8, 4) is 0 Å². The smallest absolute Gasteiger partial charge is 0.318 e. The Morgan fingerprint density at radius 1 is 1.10 bits per heavy atom. The van der Waals surface area contributed by atoms with Crippen molar-refractivity contribution >= 4 is 34.4 Å². The number of nitrogens with one attached hydrogen (secondary N) is 2. The summed E-state index contributed by atoms with van der Waals surface area (Å²) >= 11 is 1.54. The minimum atomic E-state index is -0.640. The summed E-state index contributed by atoms with van der Waals surface area (Å²) in [6.07, 6.45) is 7.77. The van der Waals surface area contributed by atoms with E-state index in [1.807, 2.05) is 4.90 Å². The maximum absolute atomic E-state index is 12.5. The Balaban J connectivity index is 1.26. The van der Waals surface area contributed by atoms with Crippen LogP contribution in [0.2, 0.25) is 0 Å². The van der Waals surface area contributed by atoms with Crippen molar-refractivity contribution in [3.63, 3.8) is 0 Å². The van der Waals surface area contributed by atoms with Crippen molar-refractivity contribution in [1.82, 2.24) is 25.2 Å². The minimum Gasteiger partial charge on any atom is -0.337 e. The third-order valence-corrected chi connectivity index (χ3v) is 6.28. The quantitative estimate of drug-likeness (QED) is 0.787. The van der Waals surface area contributed by atoms with Crippen LogP contribution in [0.15, 0.2) is 18.5 Å². The monoisotopic (exact) mass is 415 g/mol. The molecule has 1 saturated heterocycles. The van der Waals surface area contributed by atoms with E-state index >= 15 is 0 Å². The zero-order valence-corrected chi connectivity index (χ0v) is 17.2. The maximum Gasteiger partial charge on any atom is 0.318 e. The highest BCUT2D eigenvalue weighted by Gasteiger charge is 2.25. The van der Waals surface area contributed by atoms with Crippen LogP contribution < -0.4 is 15.5 Å². The molecule has 0 spiro atoms. The second-order valence-corrected chi connectivity index (χ2v) is 8.36. The third kappa shape index (κ3) is 4.64. The number of aromatic nitrogens is 3. The number of rotatable bonds is 4. The number of anilines is 2. The average molecular weight is 416 g/mol. The van der Waals surface area contributed by atoms with Gasteiger partial charge in [0.2, 0.25) is 11.9 Å². The molecule has 1 aliphatic carbocycles. The standard InChI is InChI=1S/C19H25N7O2S/c1-13(16(27)24-18-23-14-5-2-3-6-15(14)29-18)22-19(28)26-11-9-25(10-12-26)17-20-7-4-8-21-17/h4,7-8,13H,2-3,5-6,9-12H2,1H3,(H,22,28)(H,23,24,27)/t13-/m0/s1. The van der Waals surface area contributed by atoms with E-state index in [1.54, 1.807) is 41.6 Å². The van der Waals surface area contributed by atoms with Gasteiger partial charge in [-0.05, 0) is 38.7 Å². The second-order valence-electron chi connectivity index (χ2n) is 7.28. The lowest BCUT2D eigenvalue weighted by Gasteiger charge is -2.35. The van der Waals surface area contributed by atoms with E-state index in [0.717, 1.165) is 25.0 Å². The highest BCUT2D eigenvalue weighted by atomic mass is 32.1. The first-order valence-electron chi connectivity index (χ1n) is 9.97. The van der Waals surface area contributed by atoms with E-state index in [2.05, 4.69) is 25.6 Å². The van der Waals surface area contributed by atoms with Gasteiger partial charge in [0.25, 0.3) is 0 Å². The number of piperazine rings is 1. The Morgan fingerprint density at radius 3 is 2.55 bits per heavy atom. The molecule has 10 heteroatoms. The van der Waals surface area contributed by atoms with Crippen LogP contribution in [-0.4, -0.2) is 64.0 Å². The first-order valence-corrected chi connectivity index (χ1v) is 10.8. The predicted molar refractivity (Wildman–Crippen MR) is 111 cm³/mol. The summed E-state index contributed by atoms with van der Waals surface area (Å²) in [6.45, 7) is 4.11. The van der Waals surface area contributed by atoms with E-state index in [1.165, 1.54) is 11.3 Å². The van der Waals surface area contributed by atoms with Crippen LogP contribution in [0.1, 0.15) is 30.3 Å². The summed E-state index contributed by atoms with van der Waals surface area (Å²) < 4.78 is 0. The first-order chi connectivity index (χ1) is 14.1. The fraction of sp³-hybridized carbons (Fsp3) is 0.526. The number of aryl methyl sites for hydroxylation is 2. The van der Waals surface area contributed by atoms with Crippen LogP contribution in [0.3, 0.4) is 0 Å². The SMILES string of the molecule is C[C@H](NC(=O)N1CCN(c2ncccn2)CC1)C(=O)Nc1nc2c(s1)CCCC2. The van der Waals surface area contributed by atoms with Crippen molar-refractivity contribution in [2.75, 3.05) is 36.4 Å². The molecule has 3 amide bonds. The molecule has 2 aromatic rings. The second kappa shape index (κ2) is 8.73. The number of urea groups is 1. The van der Waals surface area contributed by atoms with Gasteiger partial charge in [-0.25, -0.2) is 19.7 Å². The Labute approximate surface area is 173 Å². The van der Waals surface area contributed by atoms with Gasteiger partial charge in [0.15, 0.2) is 5.13 Å². The lowest BCUT2D eigenvalue weighted by atomic mass is 10.0. The normalized spacial score (nSPS) is 17.4. The zero-order valence-electron chi connectivity index (χ0n) is 16.4. The highest BCUT2D eigenvalue weighted by Crippen LogP contribution is 2.29. The first kappa shape index (κ1) is 19.6. The Hall–Kier alpha value is -2.75. The molecule has 0 unspecified atom stereocenters. The Bertz CT molecular complexity index is 841. The van der Waals surface area contributed by atoms with Gasteiger partial charge in [-0.15, -0.1) is 11.3 Å². The number of fused-ring (bicyclic) bond motifs is 1. The summed E-state index contributed by atoms with van der Waals surface area (Å²) in [5, 5.41) is 6.26. The van der Waals surface area contributed by atoms with Gasteiger partial charge in [0.1, 0.15) is 6.04 Å². The number of carbonyl (C=O) groups excluding carboxylic acids is 2. The molecule has 0 radical (unpaired) electrons. The third-order valence-electron chi connectivity index (χ3n) is 5.21. The van der Waals surface area contributed by atoms with E-state index < -0.39 is 6.04 Å². The largest absolute Gasteiger partial charge is 0.337 e. The van der Waals surface area contributed by atoms with Gasteiger partial charge in [0, 0.05) is 43.4 Å². The molecule has 0 bridgehead atoms. The van der Waals surface area contributed by atoms with Crippen LogP contribution in [0, 0.1) is 0 Å². The molecule has 1 atom stereocenters. The fourth-order valence-electron chi connectivity index (χ4n) is 3.53. The van der Waals surface area contributed by atoms with E-state index in [0.29, 0.717) is 37.3 Å². The summed E-state index contributed by atoms with van der Waals surface area (Å²) in [7, 11) is 0. The van der Waals surface area contributed by atoms with Crippen molar-refractivity contribution in [1.29, 1.82) is 0 Å². The minimum absolute atomic E-state index is 0.236. The molecule has 9 nitrogen and oxygen atoms in total. The van der Waals surface area contributed by atoms with E-state index in [4.69, 9.17) is 0 Å². The number of hydrogen-bond donors (Lipinski definition) is 2. The van der Waals surface area contributed by atoms with Crippen LogP contribution >= 0.6 is 11.3 Å². The summed E-state index contributed by atoms with van der Waals surface area (Å²) in [5.41, 5.74) is 1.11. The molecular weight excluding hydrogens is 390 g/mol. The lowest BCUT2D eigenvalue weighted by molar-refractivity contribution is -0.117. The number of thiazole rings is 1. The summed E-state index contributed by atoms with van der Waals surface area (Å²) in [5.74, 6) is 0.423. The van der Waals surface area contributed by atoms with E-state index in [9.17, 15) is 9.59 Å². The van der Waals surface area contributed by atoms with Crippen LogP contribution in [0.25, 0.3) is 0 Å². The summed E-state index contributed by atoms with van der Waals surface area (Å²) in [6, 6.07) is 0.902. The summed E-state index contributed by atoms with van der Waals surface area (Å²) in [4.78, 5) is 43.1. The molecule has 2 aliphatic rings. The molecule has 4 rings (SSSR count). The van der Waals surface area contributed by atoms with Crippen molar-refractivity contribution < 1.29 is 9.59 Å². The number of hydrogen-bond acceptors (Lipinski definition) is 7. The molecule has 1 fully saturated rings. The molecular formula is C19H25N7O2S. The van der Waals surface area contributed by atoms with Gasteiger partial charge in [-0.3, -0.25) is 4.79 Å².